The van der Waals surface area contributed by atoms with Gasteiger partial charge in [0.2, 0.25) is 5.91 Å². The van der Waals surface area contributed by atoms with E-state index in [1.807, 2.05) is 37.3 Å². The molecule has 0 aliphatic carbocycles. The summed E-state index contributed by atoms with van der Waals surface area (Å²) in [5, 5.41) is 3.94. The van der Waals surface area contributed by atoms with E-state index in [0.29, 0.717) is 26.2 Å². The number of methoxy groups -OCH3 is 1. The third-order valence-electron chi connectivity index (χ3n) is 3.15. The van der Waals surface area contributed by atoms with Gasteiger partial charge in [0.25, 0.3) is 0 Å². The molecule has 1 aromatic carbocycles. The molecule has 0 radical (unpaired) electrons. The summed E-state index contributed by atoms with van der Waals surface area (Å²) < 4.78 is 15.9. The average molecular weight is 291 g/mol. The lowest BCUT2D eigenvalue weighted by molar-refractivity contribution is -0.123. The molecular weight excluding hydrogens is 270 g/mol. The van der Waals surface area contributed by atoms with Gasteiger partial charge in [-0.25, -0.2) is 0 Å². The molecule has 0 aliphatic rings. The topological polar surface area (TPSA) is 60.7 Å². The highest BCUT2D eigenvalue weighted by Gasteiger charge is 2.13. The Labute approximate surface area is 124 Å². The number of hydrogen-bond acceptors (Lipinski definition) is 4. The van der Waals surface area contributed by atoms with Crippen molar-refractivity contribution in [1.82, 2.24) is 5.32 Å². The van der Waals surface area contributed by atoms with Crippen molar-refractivity contribution < 1.29 is 18.7 Å². The highest BCUT2D eigenvalue weighted by molar-refractivity contribution is 5.79. The molecule has 0 spiro atoms. The van der Waals surface area contributed by atoms with Gasteiger partial charge in [-0.3, -0.25) is 4.79 Å². The number of hydrogen-bond donors (Lipinski definition) is 1. The van der Waals surface area contributed by atoms with E-state index in [9.17, 15) is 4.79 Å². The number of carbonyl (C=O) groups excluding carboxylic acids is 1. The van der Waals surface area contributed by atoms with Gasteiger partial charge in [0.15, 0.2) is 0 Å². The second kappa shape index (κ2) is 7.81. The number of nitrogens with one attached hydrogen (secondary N) is 1. The van der Waals surface area contributed by atoms with Gasteiger partial charge in [-0.05, 0) is 19.1 Å². The van der Waals surface area contributed by atoms with Crippen molar-refractivity contribution in [1.29, 1.82) is 0 Å². The minimum absolute atomic E-state index is 0.0552. The van der Waals surface area contributed by atoms with Crippen molar-refractivity contribution in [3.05, 3.63) is 36.1 Å². The van der Waals surface area contributed by atoms with E-state index in [4.69, 9.17) is 13.9 Å². The Bertz CT molecular complexity index is 545. The lowest BCUT2D eigenvalue weighted by Gasteiger charge is -2.11. The number of rotatable bonds is 8. The maximum atomic E-state index is 11.8. The van der Waals surface area contributed by atoms with Crippen LogP contribution in [0.1, 0.15) is 25.1 Å². The summed E-state index contributed by atoms with van der Waals surface area (Å²) in [7, 11) is 1.62. The van der Waals surface area contributed by atoms with Crippen molar-refractivity contribution in [2.45, 2.75) is 19.4 Å². The first-order valence-corrected chi connectivity index (χ1v) is 7.05. The summed E-state index contributed by atoms with van der Waals surface area (Å²) in [6.07, 6.45) is 0.328. The molecule has 0 saturated carbocycles. The number of fused-ring (bicyclic) bond motifs is 1. The summed E-state index contributed by atoms with van der Waals surface area (Å²) in [5.41, 5.74) is 0.830. The highest BCUT2D eigenvalue weighted by Crippen LogP contribution is 2.23. The molecule has 1 heterocycles. The van der Waals surface area contributed by atoms with Crippen LogP contribution in [0.5, 0.6) is 0 Å². The number of benzene rings is 1. The van der Waals surface area contributed by atoms with Gasteiger partial charge < -0.3 is 19.2 Å². The van der Waals surface area contributed by atoms with E-state index in [1.54, 1.807) is 7.11 Å². The molecule has 0 bridgehead atoms. The first kappa shape index (κ1) is 15.5. The smallest absolute Gasteiger partial charge is 0.222 e. The Hall–Kier alpha value is -1.85. The Morgan fingerprint density at radius 2 is 2.10 bits per heavy atom. The van der Waals surface area contributed by atoms with Crippen LogP contribution in [0, 0.1) is 0 Å². The van der Waals surface area contributed by atoms with Crippen LogP contribution in [0.15, 0.2) is 34.7 Å². The molecule has 0 fully saturated rings. The zero-order chi connectivity index (χ0) is 15.1. The average Bonchev–Trinajstić information content (AvgIpc) is 2.91. The van der Waals surface area contributed by atoms with Gasteiger partial charge in [-0.15, -0.1) is 0 Å². The molecule has 1 N–H and O–H groups in total. The number of carbonyl (C=O) groups is 1. The van der Waals surface area contributed by atoms with Crippen molar-refractivity contribution in [3.8, 4) is 0 Å². The first-order chi connectivity index (χ1) is 10.2. The second-order valence-electron chi connectivity index (χ2n) is 4.83. The van der Waals surface area contributed by atoms with Crippen LogP contribution in [-0.2, 0) is 14.3 Å². The highest BCUT2D eigenvalue weighted by atomic mass is 16.5. The second-order valence-corrected chi connectivity index (χ2v) is 4.83. The lowest BCUT2D eigenvalue weighted by Crippen LogP contribution is -2.27. The fourth-order valence-electron chi connectivity index (χ4n) is 2.01. The quantitative estimate of drug-likeness (QED) is 0.760. The minimum Gasteiger partial charge on any atom is -0.459 e. The molecule has 114 valence electrons. The molecule has 5 heteroatoms. The van der Waals surface area contributed by atoms with E-state index in [-0.39, 0.29) is 11.9 Å². The van der Waals surface area contributed by atoms with Gasteiger partial charge in [-0.1, -0.05) is 18.2 Å². The zero-order valence-corrected chi connectivity index (χ0v) is 12.4. The molecule has 1 amide bonds. The standard InChI is InChI=1S/C16H21NO4/c1-12(17-16(18)7-8-20-10-9-19-2)15-11-13-5-3-4-6-14(13)21-15/h3-6,11-12H,7-10H2,1-2H3,(H,17,18)/t12-/m1/s1. The molecular formula is C16H21NO4. The maximum Gasteiger partial charge on any atom is 0.222 e. The monoisotopic (exact) mass is 291 g/mol. The fraction of sp³-hybridized carbons (Fsp3) is 0.438. The Morgan fingerprint density at radius 1 is 1.29 bits per heavy atom. The summed E-state index contributed by atoms with van der Waals surface area (Å²) in [6.45, 7) is 3.34. The largest absolute Gasteiger partial charge is 0.459 e. The third kappa shape index (κ3) is 4.58. The molecule has 0 aliphatic heterocycles. The van der Waals surface area contributed by atoms with Crippen LogP contribution in [0.25, 0.3) is 11.0 Å². The summed E-state index contributed by atoms with van der Waals surface area (Å²) in [5.74, 6) is 0.699. The molecule has 2 aromatic rings. The van der Waals surface area contributed by atoms with Crippen molar-refractivity contribution in [2.24, 2.45) is 0 Å². The van der Waals surface area contributed by atoms with Crippen molar-refractivity contribution in [2.75, 3.05) is 26.9 Å². The zero-order valence-electron chi connectivity index (χ0n) is 12.4. The van der Waals surface area contributed by atoms with Gasteiger partial charge in [0, 0.05) is 18.9 Å². The summed E-state index contributed by atoms with van der Waals surface area (Å²) in [6, 6.07) is 9.58. The molecule has 0 saturated heterocycles. The van der Waals surface area contributed by atoms with Gasteiger partial charge in [0.1, 0.15) is 11.3 Å². The molecule has 1 atom stereocenters. The summed E-state index contributed by atoms with van der Waals surface area (Å²) >= 11 is 0. The van der Waals surface area contributed by atoms with E-state index in [1.165, 1.54) is 0 Å². The van der Waals surface area contributed by atoms with Crippen LogP contribution >= 0.6 is 0 Å². The van der Waals surface area contributed by atoms with Crippen LogP contribution in [0.4, 0.5) is 0 Å². The predicted molar refractivity (Wildman–Crippen MR) is 80.1 cm³/mol. The fourth-order valence-corrected chi connectivity index (χ4v) is 2.01. The SMILES string of the molecule is COCCOCCC(=O)N[C@H](C)c1cc2ccccc2o1. The molecule has 5 nitrogen and oxygen atoms in total. The molecule has 2 rings (SSSR count). The van der Waals surface area contributed by atoms with Crippen molar-refractivity contribution >= 4 is 16.9 Å². The van der Waals surface area contributed by atoms with Crippen LogP contribution in [-0.4, -0.2) is 32.8 Å². The summed E-state index contributed by atoms with van der Waals surface area (Å²) in [4.78, 5) is 11.8. The number of ether oxygens (including phenoxy) is 2. The Balaban J connectivity index is 1.80. The van der Waals surface area contributed by atoms with Gasteiger partial charge >= 0.3 is 0 Å². The van der Waals surface area contributed by atoms with Crippen LogP contribution < -0.4 is 5.32 Å². The van der Waals surface area contributed by atoms with E-state index < -0.39 is 0 Å². The predicted octanol–water partition coefficient (Wildman–Crippen LogP) is 2.66. The van der Waals surface area contributed by atoms with Crippen LogP contribution in [0.2, 0.25) is 0 Å². The number of furan rings is 1. The van der Waals surface area contributed by atoms with E-state index in [0.717, 1.165) is 16.7 Å². The van der Waals surface area contributed by atoms with Crippen LogP contribution in [0.3, 0.4) is 0 Å². The molecule has 21 heavy (non-hydrogen) atoms. The lowest BCUT2D eigenvalue weighted by atomic mass is 10.2. The van der Waals surface area contributed by atoms with Gasteiger partial charge in [-0.2, -0.15) is 0 Å². The number of amides is 1. The normalized spacial score (nSPS) is 12.5. The van der Waals surface area contributed by atoms with E-state index in [2.05, 4.69) is 5.32 Å². The molecule has 1 aromatic heterocycles. The first-order valence-electron chi connectivity index (χ1n) is 7.05. The van der Waals surface area contributed by atoms with Gasteiger partial charge in [0.05, 0.1) is 25.9 Å². The number of para-hydroxylation sites is 1. The van der Waals surface area contributed by atoms with E-state index >= 15 is 0 Å². The van der Waals surface area contributed by atoms with Crippen molar-refractivity contribution in [3.63, 3.8) is 0 Å². The Kier molecular flexibility index (Phi) is 5.78. The third-order valence-corrected chi connectivity index (χ3v) is 3.15. The minimum atomic E-state index is -0.163. The molecule has 0 unspecified atom stereocenters. The maximum absolute atomic E-state index is 11.8. The Morgan fingerprint density at radius 3 is 2.86 bits per heavy atom.